The van der Waals surface area contributed by atoms with Crippen molar-refractivity contribution in [2.75, 3.05) is 6.61 Å². The maximum absolute atomic E-state index is 12.5. The summed E-state index contributed by atoms with van der Waals surface area (Å²) in [5.74, 6) is 0.135. The van der Waals surface area contributed by atoms with Gasteiger partial charge in [0.25, 0.3) is 0 Å². The normalized spacial score (nSPS) is 16.0. The molecule has 2 aromatic carbocycles. The first kappa shape index (κ1) is 19.2. The van der Waals surface area contributed by atoms with E-state index in [-0.39, 0.29) is 12.6 Å². The molecule has 0 aliphatic carbocycles. The molecule has 1 heterocycles. The lowest BCUT2D eigenvalue weighted by atomic mass is 9.95. The van der Waals surface area contributed by atoms with E-state index in [2.05, 4.69) is 17.2 Å². The molecule has 6 heteroatoms. The smallest absolute Gasteiger partial charge is 0.338 e. The van der Waals surface area contributed by atoms with Crippen molar-refractivity contribution in [1.82, 2.24) is 10.6 Å². The lowest BCUT2D eigenvalue weighted by Gasteiger charge is -2.28. The predicted molar refractivity (Wildman–Crippen MR) is 105 cm³/mol. The molecule has 28 heavy (non-hydrogen) atoms. The second-order valence-corrected chi connectivity index (χ2v) is 6.30. The Balaban J connectivity index is 1.83. The van der Waals surface area contributed by atoms with Gasteiger partial charge < -0.3 is 20.1 Å². The standard InChI is InChI=1S/C22H22N2O4/c1-3-12-27-21(25)19-15(2)23-22(26)24-20(19)17-10-7-11-18(13-17)28-14-16-8-5-4-6-9-16/h3-11,13,20H,1,12,14H2,2H3,(H2,23,24,26)/t20-/m0/s1. The van der Waals surface area contributed by atoms with Gasteiger partial charge in [0.2, 0.25) is 0 Å². The van der Waals surface area contributed by atoms with Crippen LogP contribution in [0.2, 0.25) is 0 Å². The molecule has 2 N–H and O–H groups in total. The van der Waals surface area contributed by atoms with E-state index in [4.69, 9.17) is 9.47 Å². The first-order valence-corrected chi connectivity index (χ1v) is 8.91. The van der Waals surface area contributed by atoms with Gasteiger partial charge in [-0.3, -0.25) is 0 Å². The third-order valence-corrected chi connectivity index (χ3v) is 4.26. The van der Waals surface area contributed by atoms with Gasteiger partial charge >= 0.3 is 12.0 Å². The van der Waals surface area contributed by atoms with Gasteiger partial charge in [0.15, 0.2) is 0 Å². The van der Waals surface area contributed by atoms with Crippen molar-refractivity contribution in [3.8, 4) is 5.75 Å². The number of hydrogen-bond acceptors (Lipinski definition) is 4. The second kappa shape index (κ2) is 8.90. The SMILES string of the molecule is C=CCOC(=O)C1=C(C)NC(=O)N[C@H]1c1cccc(OCc2ccccc2)c1. The van der Waals surface area contributed by atoms with Crippen LogP contribution in [-0.4, -0.2) is 18.6 Å². The van der Waals surface area contributed by atoms with Crippen LogP contribution in [-0.2, 0) is 16.1 Å². The topological polar surface area (TPSA) is 76.7 Å². The Bertz CT molecular complexity index is 906. The molecule has 0 bridgehead atoms. The summed E-state index contributed by atoms with van der Waals surface area (Å²) in [4.78, 5) is 24.5. The van der Waals surface area contributed by atoms with Gasteiger partial charge in [0, 0.05) is 5.70 Å². The quantitative estimate of drug-likeness (QED) is 0.570. The minimum atomic E-state index is -0.633. The summed E-state index contributed by atoms with van der Waals surface area (Å²) in [6.45, 7) is 5.74. The molecule has 1 aliphatic rings. The van der Waals surface area contributed by atoms with Gasteiger partial charge in [-0.05, 0) is 30.2 Å². The molecule has 2 aromatic rings. The van der Waals surface area contributed by atoms with E-state index in [0.717, 1.165) is 11.1 Å². The largest absolute Gasteiger partial charge is 0.489 e. The summed E-state index contributed by atoms with van der Waals surface area (Å²) in [6.07, 6.45) is 1.50. The molecule has 0 fully saturated rings. The van der Waals surface area contributed by atoms with Crippen molar-refractivity contribution in [3.63, 3.8) is 0 Å². The van der Waals surface area contributed by atoms with E-state index in [0.29, 0.717) is 23.6 Å². The van der Waals surface area contributed by atoms with E-state index in [1.54, 1.807) is 6.92 Å². The fourth-order valence-electron chi connectivity index (χ4n) is 2.95. The summed E-state index contributed by atoms with van der Waals surface area (Å²) < 4.78 is 11.1. The molecular weight excluding hydrogens is 356 g/mol. The highest BCUT2D eigenvalue weighted by atomic mass is 16.5. The number of benzene rings is 2. The van der Waals surface area contributed by atoms with E-state index >= 15 is 0 Å². The maximum atomic E-state index is 12.5. The summed E-state index contributed by atoms with van der Waals surface area (Å²) in [7, 11) is 0. The van der Waals surface area contributed by atoms with Crippen LogP contribution in [0.3, 0.4) is 0 Å². The van der Waals surface area contributed by atoms with Gasteiger partial charge in [-0.2, -0.15) is 0 Å². The number of amides is 2. The van der Waals surface area contributed by atoms with Crippen LogP contribution in [0.4, 0.5) is 4.79 Å². The fraction of sp³-hybridized carbons (Fsp3) is 0.182. The zero-order valence-electron chi connectivity index (χ0n) is 15.6. The molecule has 3 rings (SSSR count). The van der Waals surface area contributed by atoms with Crippen molar-refractivity contribution in [3.05, 3.63) is 89.6 Å². The fourth-order valence-corrected chi connectivity index (χ4v) is 2.95. The first-order valence-electron chi connectivity index (χ1n) is 8.91. The Hall–Kier alpha value is -3.54. The molecule has 0 spiro atoms. The maximum Gasteiger partial charge on any atom is 0.338 e. The van der Waals surface area contributed by atoms with E-state index in [1.165, 1.54) is 6.08 Å². The Morgan fingerprint density at radius 2 is 1.96 bits per heavy atom. The summed E-state index contributed by atoms with van der Waals surface area (Å²) in [5.41, 5.74) is 2.58. The molecule has 144 valence electrons. The number of esters is 1. The molecule has 0 saturated carbocycles. The Kier molecular flexibility index (Phi) is 6.11. The average Bonchev–Trinajstić information content (AvgIpc) is 2.71. The lowest BCUT2D eigenvalue weighted by molar-refractivity contribution is -0.138. The Morgan fingerprint density at radius 1 is 1.18 bits per heavy atom. The minimum absolute atomic E-state index is 0.0938. The van der Waals surface area contributed by atoms with Gasteiger partial charge in [-0.1, -0.05) is 55.1 Å². The zero-order valence-corrected chi connectivity index (χ0v) is 15.6. The van der Waals surface area contributed by atoms with Crippen LogP contribution in [0.1, 0.15) is 24.1 Å². The number of carbonyl (C=O) groups excluding carboxylic acids is 2. The third-order valence-electron chi connectivity index (χ3n) is 4.26. The van der Waals surface area contributed by atoms with Crippen molar-refractivity contribution in [2.24, 2.45) is 0 Å². The van der Waals surface area contributed by atoms with Crippen LogP contribution in [0.25, 0.3) is 0 Å². The molecule has 2 amide bonds. The molecule has 0 radical (unpaired) electrons. The van der Waals surface area contributed by atoms with E-state index < -0.39 is 12.0 Å². The molecule has 1 aliphatic heterocycles. The number of carbonyl (C=O) groups is 2. The predicted octanol–water partition coefficient (Wildman–Crippen LogP) is 3.62. The number of nitrogens with one attached hydrogen (secondary N) is 2. The highest BCUT2D eigenvalue weighted by Gasteiger charge is 2.32. The number of hydrogen-bond donors (Lipinski definition) is 2. The number of ether oxygens (including phenoxy) is 2. The van der Waals surface area contributed by atoms with Crippen molar-refractivity contribution >= 4 is 12.0 Å². The van der Waals surface area contributed by atoms with Gasteiger partial charge in [-0.15, -0.1) is 0 Å². The van der Waals surface area contributed by atoms with Crippen molar-refractivity contribution in [1.29, 1.82) is 0 Å². The first-order chi connectivity index (χ1) is 13.6. The number of urea groups is 1. The average molecular weight is 378 g/mol. The molecular formula is C22H22N2O4. The third kappa shape index (κ3) is 4.59. The molecule has 0 saturated heterocycles. The number of rotatable bonds is 7. The highest BCUT2D eigenvalue weighted by Crippen LogP contribution is 2.29. The van der Waals surface area contributed by atoms with Crippen LogP contribution in [0, 0.1) is 0 Å². The van der Waals surface area contributed by atoms with Crippen LogP contribution < -0.4 is 15.4 Å². The van der Waals surface area contributed by atoms with Gasteiger partial charge in [0.1, 0.15) is 19.0 Å². The minimum Gasteiger partial charge on any atom is -0.489 e. The van der Waals surface area contributed by atoms with Crippen LogP contribution in [0.5, 0.6) is 5.75 Å². The summed E-state index contributed by atoms with van der Waals surface area (Å²) >= 11 is 0. The summed E-state index contributed by atoms with van der Waals surface area (Å²) in [5, 5.41) is 5.40. The number of allylic oxidation sites excluding steroid dienone is 1. The molecule has 1 atom stereocenters. The Morgan fingerprint density at radius 3 is 2.71 bits per heavy atom. The Labute approximate surface area is 163 Å². The van der Waals surface area contributed by atoms with Crippen LogP contribution >= 0.6 is 0 Å². The highest BCUT2D eigenvalue weighted by molar-refractivity contribution is 5.95. The van der Waals surface area contributed by atoms with E-state index in [9.17, 15) is 9.59 Å². The van der Waals surface area contributed by atoms with Crippen molar-refractivity contribution < 1.29 is 19.1 Å². The second-order valence-electron chi connectivity index (χ2n) is 6.30. The zero-order chi connectivity index (χ0) is 19.9. The van der Waals surface area contributed by atoms with Crippen LogP contribution in [0.15, 0.2) is 78.5 Å². The molecule has 0 aromatic heterocycles. The van der Waals surface area contributed by atoms with Crippen molar-refractivity contribution in [2.45, 2.75) is 19.6 Å². The monoisotopic (exact) mass is 378 g/mol. The molecule has 6 nitrogen and oxygen atoms in total. The van der Waals surface area contributed by atoms with Gasteiger partial charge in [-0.25, -0.2) is 9.59 Å². The lowest BCUT2D eigenvalue weighted by Crippen LogP contribution is -2.45. The van der Waals surface area contributed by atoms with Gasteiger partial charge in [0.05, 0.1) is 11.6 Å². The molecule has 0 unspecified atom stereocenters. The summed E-state index contributed by atoms with van der Waals surface area (Å²) in [6, 6.07) is 16.1. The van der Waals surface area contributed by atoms with E-state index in [1.807, 2.05) is 54.6 Å².